The first-order valence-electron chi connectivity index (χ1n) is 7.10. The normalized spacial score (nSPS) is 10.6. The SMILES string of the molecule is CCCNc1cc(NCCc2ccnn2C)nc(SC)n1. The molecule has 0 saturated carbocycles. The quantitative estimate of drug-likeness (QED) is 0.576. The molecule has 2 N–H and O–H groups in total. The molecule has 21 heavy (non-hydrogen) atoms. The Hall–Kier alpha value is -1.76. The first-order valence-corrected chi connectivity index (χ1v) is 8.33. The average molecular weight is 306 g/mol. The number of nitrogens with zero attached hydrogens (tertiary/aromatic N) is 4. The third-order valence-electron chi connectivity index (χ3n) is 3.05. The number of aryl methyl sites for hydroxylation is 1. The highest BCUT2D eigenvalue weighted by molar-refractivity contribution is 7.98. The van der Waals surface area contributed by atoms with Crippen LogP contribution in [0.4, 0.5) is 11.6 Å². The van der Waals surface area contributed by atoms with Gasteiger partial charge in [-0.05, 0) is 18.7 Å². The van der Waals surface area contributed by atoms with Gasteiger partial charge in [0.15, 0.2) is 5.16 Å². The van der Waals surface area contributed by atoms with Crippen molar-refractivity contribution >= 4 is 23.4 Å². The van der Waals surface area contributed by atoms with Gasteiger partial charge in [0.25, 0.3) is 0 Å². The molecule has 2 aromatic heterocycles. The van der Waals surface area contributed by atoms with E-state index in [1.54, 1.807) is 11.8 Å². The summed E-state index contributed by atoms with van der Waals surface area (Å²) >= 11 is 1.55. The predicted molar refractivity (Wildman–Crippen MR) is 88.0 cm³/mol. The first kappa shape index (κ1) is 15.6. The van der Waals surface area contributed by atoms with E-state index in [1.165, 1.54) is 5.69 Å². The summed E-state index contributed by atoms with van der Waals surface area (Å²) in [5.41, 5.74) is 1.20. The summed E-state index contributed by atoms with van der Waals surface area (Å²) in [7, 11) is 1.96. The molecular formula is C14H22N6S. The molecule has 2 aromatic rings. The summed E-state index contributed by atoms with van der Waals surface area (Å²) in [6.07, 6.45) is 5.78. The lowest BCUT2D eigenvalue weighted by Gasteiger charge is -2.10. The molecule has 0 radical (unpaired) electrons. The molecule has 0 amide bonds. The van der Waals surface area contributed by atoms with Gasteiger partial charge in [0.05, 0.1) is 0 Å². The van der Waals surface area contributed by atoms with Crippen LogP contribution < -0.4 is 10.6 Å². The zero-order valence-electron chi connectivity index (χ0n) is 12.8. The molecule has 0 aromatic carbocycles. The number of nitrogens with one attached hydrogen (secondary N) is 2. The summed E-state index contributed by atoms with van der Waals surface area (Å²) in [4.78, 5) is 8.93. The molecule has 6 nitrogen and oxygen atoms in total. The number of hydrogen-bond acceptors (Lipinski definition) is 6. The molecule has 0 spiro atoms. The maximum atomic E-state index is 4.48. The first-order chi connectivity index (χ1) is 10.2. The van der Waals surface area contributed by atoms with Crippen LogP contribution in [0.5, 0.6) is 0 Å². The van der Waals surface area contributed by atoms with E-state index in [0.717, 1.165) is 42.7 Å². The zero-order chi connectivity index (χ0) is 15.1. The number of aromatic nitrogens is 4. The fraction of sp³-hybridized carbons (Fsp3) is 0.500. The van der Waals surface area contributed by atoms with Crippen molar-refractivity contribution in [1.29, 1.82) is 0 Å². The summed E-state index contributed by atoms with van der Waals surface area (Å²) in [6, 6.07) is 3.99. The van der Waals surface area contributed by atoms with E-state index in [1.807, 2.05) is 36.3 Å². The zero-order valence-corrected chi connectivity index (χ0v) is 13.6. The number of hydrogen-bond donors (Lipinski definition) is 2. The van der Waals surface area contributed by atoms with Gasteiger partial charge in [0.2, 0.25) is 0 Å². The second-order valence-corrected chi connectivity index (χ2v) is 5.45. The van der Waals surface area contributed by atoms with Gasteiger partial charge >= 0.3 is 0 Å². The van der Waals surface area contributed by atoms with Crippen molar-refractivity contribution < 1.29 is 0 Å². The Labute approximate surface area is 129 Å². The summed E-state index contributed by atoms with van der Waals surface area (Å²) in [5.74, 6) is 1.73. The summed E-state index contributed by atoms with van der Waals surface area (Å²) in [5, 5.41) is 11.6. The van der Waals surface area contributed by atoms with Crippen molar-refractivity contribution in [2.24, 2.45) is 7.05 Å². The second-order valence-electron chi connectivity index (χ2n) is 4.67. The van der Waals surface area contributed by atoms with E-state index in [-0.39, 0.29) is 0 Å². The molecule has 0 aliphatic heterocycles. The maximum Gasteiger partial charge on any atom is 0.191 e. The molecule has 0 atom stereocenters. The van der Waals surface area contributed by atoms with Gasteiger partial charge < -0.3 is 10.6 Å². The summed E-state index contributed by atoms with van der Waals surface area (Å²) < 4.78 is 1.89. The molecule has 0 saturated heterocycles. The molecule has 114 valence electrons. The van der Waals surface area contributed by atoms with Crippen molar-refractivity contribution in [3.05, 3.63) is 24.0 Å². The van der Waals surface area contributed by atoms with Gasteiger partial charge in [-0.15, -0.1) is 0 Å². The predicted octanol–water partition coefficient (Wildman–Crippen LogP) is 2.41. The number of rotatable bonds is 8. The molecule has 0 fully saturated rings. The Morgan fingerprint density at radius 1 is 1.19 bits per heavy atom. The Balaban J connectivity index is 1.96. The minimum absolute atomic E-state index is 0.777. The maximum absolute atomic E-state index is 4.48. The van der Waals surface area contributed by atoms with E-state index >= 15 is 0 Å². The van der Waals surface area contributed by atoms with Gasteiger partial charge in [-0.3, -0.25) is 4.68 Å². The van der Waals surface area contributed by atoms with Crippen molar-refractivity contribution in [3.8, 4) is 0 Å². The molecule has 0 unspecified atom stereocenters. The fourth-order valence-corrected chi connectivity index (χ4v) is 2.30. The van der Waals surface area contributed by atoms with Crippen LogP contribution in [-0.2, 0) is 13.5 Å². The van der Waals surface area contributed by atoms with Crippen molar-refractivity contribution in [3.63, 3.8) is 0 Å². The molecule has 2 heterocycles. The van der Waals surface area contributed by atoms with Crippen LogP contribution in [0, 0.1) is 0 Å². The van der Waals surface area contributed by atoms with Crippen LogP contribution in [0.25, 0.3) is 0 Å². The van der Waals surface area contributed by atoms with Crippen LogP contribution in [0.1, 0.15) is 19.0 Å². The van der Waals surface area contributed by atoms with Gasteiger partial charge in [0.1, 0.15) is 11.6 Å². The molecular weight excluding hydrogens is 284 g/mol. The minimum atomic E-state index is 0.777. The molecule has 0 aliphatic carbocycles. The van der Waals surface area contributed by atoms with Crippen LogP contribution in [0.3, 0.4) is 0 Å². The topological polar surface area (TPSA) is 67.7 Å². The Bertz CT molecular complexity index is 568. The van der Waals surface area contributed by atoms with Gasteiger partial charge in [-0.2, -0.15) is 5.10 Å². The van der Waals surface area contributed by atoms with E-state index in [2.05, 4.69) is 32.6 Å². The van der Waals surface area contributed by atoms with Crippen LogP contribution in [0.2, 0.25) is 0 Å². The highest BCUT2D eigenvalue weighted by atomic mass is 32.2. The van der Waals surface area contributed by atoms with Crippen LogP contribution in [0.15, 0.2) is 23.5 Å². The lowest BCUT2D eigenvalue weighted by Crippen LogP contribution is -2.11. The van der Waals surface area contributed by atoms with E-state index in [9.17, 15) is 0 Å². The lowest BCUT2D eigenvalue weighted by atomic mass is 10.3. The summed E-state index contributed by atoms with van der Waals surface area (Å²) in [6.45, 7) is 3.87. The third kappa shape index (κ3) is 4.63. The van der Waals surface area contributed by atoms with E-state index in [4.69, 9.17) is 0 Å². The van der Waals surface area contributed by atoms with E-state index < -0.39 is 0 Å². The van der Waals surface area contributed by atoms with Crippen molar-refractivity contribution in [1.82, 2.24) is 19.7 Å². The van der Waals surface area contributed by atoms with Gasteiger partial charge in [0, 0.05) is 44.5 Å². The minimum Gasteiger partial charge on any atom is -0.370 e. The smallest absolute Gasteiger partial charge is 0.191 e. The second kappa shape index (κ2) is 7.87. The van der Waals surface area contributed by atoms with Crippen molar-refractivity contribution in [2.45, 2.75) is 24.9 Å². The van der Waals surface area contributed by atoms with Crippen molar-refractivity contribution in [2.75, 3.05) is 30.0 Å². The fourth-order valence-electron chi connectivity index (χ4n) is 1.92. The largest absolute Gasteiger partial charge is 0.370 e. The van der Waals surface area contributed by atoms with Gasteiger partial charge in [-0.1, -0.05) is 18.7 Å². The number of thioether (sulfide) groups is 1. The van der Waals surface area contributed by atoms with Crippen LogP contribution in [-0.4, -0.2) is 39.1 Å². The Morgan fingerprint density at radius 3 is 2.48 bits per heavy atom. The highest BCUT2D eigenvalue weighted by Gasteiger charge is 2.04. The molecule has 2 rings (SSSR count). The molecule has 7 heteroatoms. The van der Waals surface area contributed by atoms with Gasteiger partial charge in [-0.25, -0.2) is 9.97 Å². The third-order valence-corrected chi connectivity index (χ3v) is 3.60. The molecule has 0 aliphatic rings. The lowest BCUT2D eigenvalue weighted by molar-refractivity contribution is 0.710. The monoisotopic (exact) mass is 306 g/mol. The highest BCUT2D eigenvalue weighted by Crippen LogP contribution is 2.17. The van der Waals surface area contributed by atoms with Crippen LogP contribution >= 0.6 is 11.8 Å². The molecule has 0 bridgehead atoms. The Morgan fingerprint density at radius 2 is 1.90 bits per heavy atom. The standard InChI is InChI=1S/C14H22N6S/c1-4-7-15-12-10-13(19-14(18-12)21-3)16-8-5-11-6-9-17-20(11)2/h6,9-10H,4-5,7-8H2,1-3H3,(H2,15,16,18,19). The Kier molecular flexibility index (Phi) is 5.86. The number of anilines is 2. The van der Waals surface area contributed by atoms with E-state index in [0.29, 0.717) is 0 Å². The average Bonchev–Trinajstić information content (AvgIpc) is 2.90.